The van der Waals surface area contributed by atoms with E-state index in [1.54, 1.807) is 0 Å². The van der Waals surface area contributed by atoms with Gasteiger partial charge in [-0.1, -0.05) is 68.0 Å². The summed E-state index contributed by atoms with van der Waals surface area (Å²) < 4.78 is 15.4. The second-order valence-corrected chi connectivity index (χ2v) is 9.19. The zero-order valence-electron chi connectivity index (χ0n) is 19.2. The lowest BCUT2D eigenvalue weighted by atomic mass is 9.77. The Kier molecular flexibility index (Phi) is 7.43. The zero-order valence-corrected chi connectivity index (χ0v) is 19.2. The SMILES string of the molecule is C=CCCc1ccc(C#Cc2ccc3c(F)c(C4CCC(CCC)CC4)ccc3c2)cc1. The summed E-state index contributed by atoms with van der Waals surface area (Å²) >= 11 is 0. The Morgan fingerprint density at radius 1 is 0.938 bits per heavy atom. The molecule has 0 atom stereocenters. The number of benzene rings is 3. The number of fused-ring (bicyclic) bond motifs is 1. The van der Waals surface area contributed by atoms with E-state index < -0.39 is 0 Å². The van der Waals surface area contributed by atoms with Crippen molar-refractivity contribution < 1.29 is 4.39 Å². The van der Waals surface area contributed by atoms with Gasteiger partial charge < -0.3 is 0 Å². The smallest absolute Gasteiger partial charge is 0.134 e. The van der Waals surface area contributed by atoms with Crippen molar-refractivity contribution >= 4 is 10.8 Å². The molecule has 0 saturated heterocycles. The molecule has 0 spiro atoms. The van der Waals surface area contributed by atoms with Crippen LogP contribution in [0.25, 0.3) is 10.8 Å². The molecule has 0 nitrogen and oxygen atoms in total. The fourth-order valence-corrected chi connectivity index (χ4v) is 5.04. The fraction of sp³-hybridized carbons (Fsp3) is 0.355. The van der Waals surface area contributed by atoms with Crippen LogP contribution in [0.5, 0.6) is 0 Å². The summed E-state index contributed by atoms with van der Waals surface area (Å²) in [5, 5.41) is 1.65. The minimum atomic E-state index is -0.0314. The maximum absolute atomic E-state index is 15.4. The van der Waals surface area contributed by atoms with Gasteiger partial charge in [-0.3, -0.25) is 0 Å². The van der Waals surface area contributed by atoms with Gasteiger partial charge in [0.2, 0.25) is 0 Å². The summed E-state index contributed by atoms with van der Waals surface area (Å²) in [5.74, 6) is 7.65. The van der Waals surface area contributed by atoms with Gasteiger partial charge in [-0.25, -0.2) is 4.39 Å². The summed E-state index contributed by atoms with van der Waals surface area (Å²) in [5.41, 5.74) is 4.11. The van der Waals surface area contributed by atoms with Gasteiger partial charge in [-0.05, 0) is 91.1 Å². The van der Waals surface area contributed by atoms with Gasteiger partial charge in [0.1, 0.15) is 5.82 Å². The van der Waals surface area contributed by atoms with E-state index in [9.17, 15) is 0 Å². The lowest BCUT2D eigenvalue weighted by Crippen LogP contribution is -2.14. The molecule has 1 saturated carbocycles. The second-order valence-electron chi connectivity index (χ2n) is 9.19. The lowest BCUT2D eigenvalue weighted by Gasteiger charge is -2.29. The van der Waals surface area contributed by atoms with Crippen LogP contribution < -0.4 is 0 Å². The van der Waals surface area contributed by atoms with Crippen molar-refractivity contribution in [1.82, 2.24) is 0 Å². The molecule has 164 valence electrons. The first kappa shape index (κ1) is 22.3. The van der Waals surface area contributed by atoms with Crippen molar-refractivity contribution in [2.75, 3.05) is 0 Å². The monoisotopic (exact) mass is 424 g/mol. The molecule has 3 aromatic carbocycles. The van der Waals surface area contributed by atoms with Crippen LogP contribution >= 0.6 is 0 Å². The molecule has 0 N–H and O–H groups in total. The zero-order chi connectivity index (χ0) is 22.3. The van der Waals surface area contributed by atoms with Crippen molar-refractivity contribution in [3.05, 3.63) is 95.3 Å². The van der Waals surface area contributed by atoms with Gasteiger partial charge in [0.05, 0.1) is 0 Å². The minimum Gasteiger partial charge on any atom is -0.206 e. The van der Waals surface area contributed by atoms with E-state index in [2.05, 4.69) is 55.7 Å². The molecule has 1 fully saturated rings. The molecule has 3 aromatic rings. The summed E-state index contributed by atoms with van der Waals surface area (Å²) in [4.78, 5) is 0. The molecule has 1 aliphatic rings. The molecule has 0 aliphatic heterocycles. The standard InChI is InChI=1S/C31H33F/c1-3-5-7-24-8-10-25(11-9-24)12-13-26-16-20-30-28(22-26)19-21-29(31(30)32)27-17-14-23(6-4-2)15-18-27/h3,8-11,16,19-23,27H,1,4-7,14-15,17-18H2,2H3. The van der Waals surface area contributed by atoms with Crippen LogP contribution in [-0.2, 0) is 6.42 Å². The summed E-state index contributed by atoms with van der Waals surface area (Å²) in [6, 6.07) is 18.3. The Labute approximate surface area is 192 Å². The third-order valence-corrected chi connectivity index (χ3v) is 6.91. The highest BCUT2D eigenvalue weighted by Crippen LogP contribution is 2.39. The maximum atomic E-state index is 15.4. The number of halogens is 1. The average molecular weight is 425 g/mol. The Hall–Kier alpha value is -2.85. The van der Waals surface area contributed by atoms with E-state index in [0.29, 0.717) is 5.92 Å². The van der Waals surface area contributed by atoms with Crippen LogP contribution in [0.1, 0.15) is 80.0 Å². The molecule has 4 rings (SSSR count). The molecule has 0 unspecified atom stereocenters. The Morgan fingerprint density at radius 3 is 2.38 bits per heavy atom. The van der Waals surface area contributed by atoms with Gasteiger partial charge in [0.25, 0.3) is 0 Å². The third kappa shape index (κ3) is 5.31. The summed E-state index contributed by atoms with van der Waals surface area (Å²) in [7, 11) is 0. The van der Waals surface area contributed by atoms with E-state index >= 15 is 4.39 Å². The van der Waals surface area contributed by atoms with Gasteiger partial charge in [-0.2, -0.15) is 0 Å². The number of allylic oxidation sites excluding steroid dienone is 1. The number of hydrogen-bond acceptors (Lipinski definition) is 0. The van der Waals surface area contributed by atoms with Crippen LogP contribution in [-0.4, -0.2) is 0 Å². The predicted octanol–water partition coefficient (Wildman–Crippen LogP) is 8.57. The van der Waals surface area contributed by atoms with E-state index in [4.69, 9.17) is 0 Å². The van der Waals surface area contributed by atoms with Crippen LogP contribution in [0, 0.1) is 23.6 Å². The first-order chi connectivity index (χ1) is 15.7. The second kappa shape index (κ2) is 10.6. The topological polar surface area (TPSA) is 0 Å². The minimum absolute atomic E-state index is 0.0314. The largest absolute Gasteiger partial charge is 0.206 e. The molecule has 32 heavy (non-hydrogen) atoms. The third-order valence-electron chi connectivity index (χ3n) is 6.91. The molecule has 0 heterocycles. The van der Waals surface area contributed by atoms with E-state index in [-0.39, 0.29) is 5.82 Å². The van der Waals surface area contributed by atoms with Crippen molar-refractivity contribution in [3.63, 3.8) is 0 Å². The van der Waals surface area contributed by atoms with Crippen molar-refractivity contribution in [1.29, 1.82) is 0 Å². The van der Waals surface area contributed by atoms with Crippen LogP contribution in [0.15, 0.2) is 67.3 Å². The first-order valence-electron chi connectivity index (χ1n) is 12.1. The Balaban J connectivity index is 1.49. The Morgan fingerprint density at radius 2 is 1.66 bits per heavy atom. The molecule has 1 heteroatoms. The number of hydrogen-bond donors (Lipinski definition) is 0. The highest BCUT2D eigenvalue weighted by molar-refractivity contribution is 5.85. The molecule has 0 aromatic heterocycles. The van der Waals surface area contributed by atoms with Gasteiger partial charge in [0.15, 0.2) is 0 Å². The molecule has 0 bridgehead atoms. The fourth-order valence-electron chi connectivity index (χ4n) is 5.04. The Bertz CT molecular complexity index is 1120. The van der Waals surface area contributed by atoms with Crippen LogP contribution in [0.3, 0.4) is 0 Å². The first-order valence-corrected chi connectivity index (χ1v) is 12.1. The summed E-state index contributed by atoms with van der Waals surface area (Å²) in [6.07, 6.45) is 11.2. The van der Waals surface area contributed by atoms with Crippen molar-refractivity contribution in [2.24, 2.45) is 5.92 Å². The average Bonchev–Trinajstić information content (AvgIpc) is 2.83. The van der Waals surface area contributed by atoms with Gasteiger partial charge in [0, 0.05) is 16.5 Å². The van der Waals surface area contributed by atoms with E-state index in [1.807, 2.05) is 30.3 Å². The summed E-state index contributed by atoms with van der Waals surface area (Å²) in [6.45, 7) is 6.03. The molecule has 0 amide bonds. The van der Waals surface area contributed by atoms with Crippen LogP contribution in [0.4, 0.5) is 4.39 Å². The highest BCUT2D eigenvalue weighted by Gasteiger charge is 2.24. The molecular formula is C31H33F. The molecule has 1 aliphatic carbocycles. The van der Waals surface area contributed by atoms with E-state index in [1.165, 1.54) is 31.2 Å². The van der Waals surface area contributed by atoms with Gasteiger partial charge >= 0.3 is 0 Å². The number of aryl methyl sites for hydroxylation is 1. The lowest BCUT2D eigenvalue weighted by molar-refractivity contribution is 0.305. The highest BCUT2D eigenvalue weighted by atomic mass is 19.1. The van der Waals surface area contributed by atoms with Crippen molar-refractivity contribution in [2.45, 2.75) is 64.2 Å². The van der Waals surface area contributed by atoms with Crippen molar-refractivity contribution in [3.8, 4) is 11.8 Å². The number of rotatable bonds is 6. The quantitative estimate of drug-likeness (QED) is 0.274. The molecular weight excluding hydrogens is 391 g/mol. The predicted molar refractivity (Wildman–Crippen MR) is 134 cm³/mol. The molecule has 0 radical (unpaired) electrons. The maximum Gasteiger partial charge on any atom is 0.134 e. The van der Waals surface area contributed by atoms with Gasteiger partial charge in [-0.15, -0.1) is 6.58 Å². The normalized spacial score (nSPS) is 18.2. The van der Waals surface area contributed by atoms with Crippen LogP contribution in [0.2, 0.25) is 0 Å². The van der Waals surface area contributed by atoms with E-state index in [0.717, 1.165) is 59.1 Å².